The quantitative estimate of drug-likeness (QED) is 0.709. The van der Waals surface area contributed by atoms with Crippen molar-refractivity contribution in [2.24, 2.45) is 5.41 Å². The number of benzene rings is 1. The Morgan fingerprint density at radius 2 is 1.52 bits per heavy atom. The molecule has 0 radical (unpaired) electrons. The molecule has 1 aromatic carbocycles. The Morgan fingerprint density at radius 1 is 1.00 bits per heavy atom. The summed E-state index contributed by atoms with van der Waals surface area (Å²) in [7, 11) is 0. The van der Waals surface area contributed by atoms with Crippen molar-refractivity contribution in [2.75, 3.05) is 23.7 Å². The predicted molar refractivity (Wildman–Crippen MR) is 100 cm³/mol. The van der Waals surface area contributed by atoms with Crippen LogP contribution in [0.1, 0.15) is 47.5 Å². The monoisotopic (exact) mass is 347 g/mol. The number of hydrogen-bond acceptors (Lipinski definition) is 3. The van der Waals surface area contributed by atoms with E-state index in [0.29, 0.717) is 24.5 Å². The van der Waals surface area contributed by atoms with Crippen LogP contribution < -0.4 is 10.6 Å². The number of carbonyl (C=O) groups excluding carboxylic acids is 3. The molecule has 138 valence electrons. The van der Waals surface area contributed by atoms with Crippen LogP contribution in [0.2, 0.25) is 0 Å². The number of amides is 3. The lowest BCUT2D eigenvalue weighted by Crippen LogP contribution is -2.47. The topological polar surface area (TPSA) is 78.5 Å². The molecular weight excluding hydrogens is 318 g/mol. The maximum Gasteiger partial charge on any atom is 0.239 e. The molecule has 0 saturated heterocycles. The number of nitrogens with one attached hydrogen (secondary N) is 2. The van der Waals surface area contributed by atoms with E-state index in [9.17, 15) is 14.4 Å². The van der Waals surface area contributed by atoms with Gasteiger partial charge in [0.2, 0.25) is 17.7 Å². The predicted octanol–water partition coefficient (Wildman–Crippen LogP) is 3.26. The SMILES string of the molecule is CCCN(CCC)C(=O)C(C)(C)C(=O)Nc1cccc(NC(C)=O)c1. The van der Waals surface area contributed by atoms with Crippen LogP contribution in [0.15, 0.2) is 24.3 Å². The van der Waals surface area contributed by atoms with Gasteiger partial charge in [-0.15, -0.1) is 0 Å². The molecule has 25 heavy (non-hydrogen) atoms. The van der Waals surface area contributed by atoms with Gasteiger partial charge < -0.3 is 15.5 Å². The lowest BCUT2D eigenvalue weighted by molar-refractivity contribution is -0.146. The summed E-state index contributed by atoms with van der Waals surface area (Å²) in [5.41, 5.74) is -0.0448. The summed E-state index contributed by atoms with van der Waals surface area (Å²) >= 11 is 0. The highest BCUT2D eigenvalue weighted by molar-refractivity contribution is 6.10. The molecule has 1 rings (SSSR count). The Kier molecular flexibility index (Phi) is 7.61. The summed E-state index contributed by atoms with van der Waals surface area (Å²) in [6.45, 7) is 10.0. The fourth-order valence-corrected chi connectivity index (χ4v) is 2.51. The molecule has 0 aliphatic heterocycles. The third-order valence-corrected chi connectivity index (χ3v) is 3.82. The minimum Gasteiger partial charge on any atom is -0.342 e. The molecule has 0 aliphatic rings. The van der Waals surface area contributed by atoms with Gasteiger partial charge in [0.15, 0.2) is 0 Å². The number of carbonyl (C=O) groups is 3. The molecule has 6 nitrogen and oxygen atoms in total. The molecule has 0 aliphatic carbocycles. The van der Waals surface area contributed by atoms with Crippen LogP contribution in [0.25, 0.3) is 0 Å². The first-order chi connectivity index (χ1) is 11.7. The highest BCUT2D eigenvalue weighted by atomic mass is 16.2. The first-order valence-electron chi connectivity index (χ1n) is 8.70. The van der Waals surface area contributed by atoms with Crippen molar-refractivity contribution in [3.05, 3.63) is 24.3 Å². The van der Waals surface area contributed by atoms with Gasteiger partial charge in [0.25, 0.3) is 0 Å². The van der Waals surface area contributed by atoms with Gasteiger partial charge in [0.1, 0.15) is 5.41 Å². The minimum atomic E-state index is -1.17. The minimum absolute atomic E-state index is 0.174. The van der Waals surface area contributed by atoms with Gasteiger partial charge in [-0.25, -0.2) is 0 Å². The molecule has 0 atom stereocenters. The van der Waals surface area contributed by atoms with Crippen molar-refractivity contribution < 1.29 is 14.4 Å². The molecule has 0 saturated carbocycles. The molecule has 1 aromatic rings. The smallest absolute Gasteiger partial charge is 0.239 e. The van der Waals surface area contributed by atoms with Gasteiger partial charge in [-0.2, -0.15) is 0 Å². The van der Waals surface area contributed by atoms with Gasteiger partial charge in [-0.1, -0.05) is 19.9 Å². The highest BCUT2D eigenvalue weighted by Crippen LogP contribution is 2.23. The molecule has 0 unspecified atom stereocenters. The summed E-state index contributed by atoms with van der Waals surface area (Å²) in [4.78, 5) is 38.4. The maximum absolute atomic E-state index is 12.8. The van der Waals surface area contributed by atoms with Crippen molar-refractivity contribution in [2.45, 2.75) is 47.5 Å². The Hall–Kier alpha value is -2.37. The van der Waals surface area contributed by atoms with Gasteiger partial charge in [0.05, 0.1) is 0 Å². The van der Waals surface area contributed by atoms with Crippen LogP contribution in [0.3, 0.4) is 0 Å². The largest absolute Gasteiger partial charge is 0.342 e. The van der Waals surface area contributed by atoms with Gasteiger partial charge >= 0.3 is 0 Å². The lowest BCUT2D eigenvalue weighted by atomic mass is 9.90. The van der Waals surface area contributed by atoms with Crippen LogP contribution in [-0.4, -0.2) is 35.7 Å². The zero-order valence-electron chi connectivity index (χ0n) is 15.8. The lowest BCUT2D eigenvalue weighted by Gasteiger charge is -2.30. The number of rotatable bonds is 8. The molecule has 0 aromatic heterocycles. The average Bonchev–Trinajstić information content (AvgIpc) is 2.53. The number of anilines is 2. The van der Waals surface area contributed by atoms with E-state index in [1.165, 1.54) is 6.92 Å². The molecule has 0 fully saturated rings. The average molecular weight is 347 g/mol. The summed E-state index contributed by atoms with van der Waals surface area (Å²) in [6, 6.07) is 6.85. The van der Waals surface area contributed by atoms with E-state index in [-0.39, 0.29) is 17.7 Å². The standard InChI is InChI=1S/C19H29N3O3/c1-6-11-22(12-7-2)18(25)19(4,5)17(24)21-16-10-8-9-15(13-16)20-14(3)23/h8-10,13H,6-7,11-12H2,1-5H3,(H,20,23)(H,21,24). The zero-order valence-corrected chi connectivity index (χ0v) is 15.8. The van der Waals surface area contributed by atoms with Crippen molar-refractivity contribution >= 4 is 29.1 Å². The molecule has 0 spiro atoms. The van der Waals surface area contributed by atoms with Crippen molar-refractivity contribution in [1.82, 2.24) is 4.90 Å². The van der Waals surface area contributed by atoms with E-state index >= 15 is 0 Å². The third-order valence-electron chi connectivity index (χ3n) is 3.82. The van der Waals surface area contributed by atoms with Gasteiger partial charge in [0, 0.05) is 31.4 Å². The molecule has 0 heterocycles. The van der Waals surface area contributed by atoms with E-state index < -0.39 is 5.41 Å². The highest BCUT2D eigenvalue weighted by Gasteiger charge is 2.38. The first-order valence-corrected chi connectivity index (χ1v) is 8.70. The third kappa shape index (κ3) is 5.89. The summed E-state index contributed by atoms with van der Waals surface area (Å²) in [6.07, 6.45) is 1.70. The van der Waals surface area contributed by atoms with Crippen LogP contribution >= 0.6 is 0 Å². The fourth-order valence-electron chi connectivity index (χ4n) is 2.51. The summed E-state index contributed by atoms with van der Waals surface area (Å²) in [5.74, 6) is -0.727. The van der Waals surface area contributed by atoms with Crippen LogP contribution in [0.5, 0.6) is 0 Å². The normalized spacial score (nSPS) is 10.9. The Bertz CT molecular complexity index is 620. The van der Waals surface area contributed by atoms with E-state index in [0.717, 1.165) is 12.8 Å². The summed E-state index contributed by atoms with van der Waals surface area (Å²) < 4.78 is 0. The Labute approximate surface area is 150 Å². The van der Waals surface area contributed by atoms with E-state index in [1.807, 2.05) is 13.8 Å². The van der Waals surface area contributed by atoms with E-state index in [1.54, 1.807) is 43.0 Å². The summed E-state index contributed by atoms with van der Waals surface area (Å²) in [5, 5.41) is 5.44. The van der Waals surface area contributed by atoms with Crippen LogP contribution in [0.4, 0.5) is 11.4 Å². The van der Waals surface area contributed by atoms with Gasteiger partial charge in [-0.05, 0) is 44.9 Å². The molecule has 0 bridgehead atoms. The van der Waals surface area contributed by atoms with Crippen LogP contribution in [-0.2, 0) is 14.4 Å². The Balaban J connectivity index is 2.89. The second-order valence-electron chi connectivity index (χ2n) is 6.63. The molecule has 3 amide bonds. The molecule has 6 heteroatoms. The van der Waals surface area contributed by atoms with Gasteiger partial charge in [-0.3, -0.25) is 14.4 Å². The second-order valence-corrected chi connectivity index (χ2v) is 6.63. The zero-order chi connectivity index (χ0) is 19.0. The van der Waals surface area contributed by atoms with Crippen molar-refractivity contribution in [3.63, 3.8) is 0 Å². The maximum atomic E-state index is 12.8. The number of hydrogen-bond donors (Lipinski definition) is 2. The van der Waals surface area contributed by atoms with E-state index in [2.05, 4.69) is 10.6 Å². The van der Waals surface area contributed by atoms with E-state index in [4.69, 9.17) is 0 Å². The van der Waals surface area contributed by atoms with Crippen molar-refractivity contribution in [3.8, 4) is 0 Å². The Morgan fingerprint density at radius 3 is 2.00 bits per heavy atom. The first kappa shape index (κ1) is 20.7. The molecular formula is C19H29N3O3. The van der Waals surface area contributed by atoms with Crippen molar-refractivity contribution in [1.29, 1.82) is 0 Å². The van der Waals surface area contributed by atoms with Crippen LogP contribution in [0, 0.1) is 5.41 Å². The fraction of sp³-hybridized carbons (Fsp3) is 0.526. The second kappa shape index (κ2) is 9.20. The molecule has 2 N–H and O–H groups in total. The number of nitrogens with zero attached hydrogens (tertiary/aromatic N) is 1.